The maximum Gasteiger partial charge on any atom is 0.144 e. The third-order valence-electron chi connectivity index (χ3n) is 0. The van der Waals surface area contributed by atoms with Crippen LogP contribution >= 0.6 is 6.89 Å². The maximum absolute atomic E-state index is 9.63. The van der Waals surface area contributed by atoms with Crippen molar-refractivity contribution in [2.24, 2.45) is 0 Å². The fourth-order valence-electron chi connectivity index (χ4n) is 0. The van der Waals surface area contributed by atoms with E-state index in [4.69, 9.17) is 0 Å². The Labute approximate surface area is 90.4 Å². The SMILES string of the molecule is C=P(C)(C)C.CN(C)C.CS(C)(=O)=O. The van der Waals surface area contributed by atoms with Crippen molar-refractivity contribution in [3.8, 4) is 0 Å². The molecule has 90 valence electrons. The summed E-state index contributed by atoms with van der Waals surface area (Å²) in [6, 6.07) is 0. The quantitative estimate of drug-likeness (QED) is 0.599. The van der Waals surface area contributed by atoms with Gasteiger partial charge in [0.15, 0.2) is 0 Å². The summed E-state index contributed by atoms with van der Waals surface area (Å²) in [6.07, 6.45) is 6.20. The van der Waals surface area contributed by atoms with Gasteiger partial charge in [0.05, 0.1) is 0 Å². The number of nitrogens with zero attached hydrogens (tertiary/aromatic N) is 1. The summed E-state index contributed by atoms with van der Waals surface area (Å²) in [5.41, 5.74) is 0. The van der Waals surface area contributed by atoms with E-state index in [1.807, 2.05) is 26.0 Å². The maximum atomic E-state index is 9.63. The Morgan fingerprint density at radius 2 is 1.00 bits per heavy atom. The van der Waals surface area contributed by atoms with Gasteiger partial charge >= 0.3 is 0 Å². The summed E-state index contributed by atoms with van der Waals surface area (Å²) >= 11 is 0. The third-order valence-corrected chi connectivity index (χ3v) is 0. The van der Waals surface area contributed by atoms with E-state index in [2.05, 4.69) is 26.3 Å². The van der Waals surface area contributed by atoms with Crippen LogP contribution in [0.5, 0.6) is 0 Å². The van der Waals surface area contributed by atoms with Gasteiger partial charge in [0.1, 0.15) is 9.84 Å². The molecule has 0 bridgehead atoms. The van der Waals surface area contributed by atoms with E-state index in [0.717, 1.165) is 12.5 Å². The summed E-state index contributed by atoms with van der Waals surface area (Å²) in [6.45, 7) is 5.92. The molecule has 0 aromatic heterocycles. The van der Waals surface area contributed by atoms with Crippen molar-refractivity contribution in [1.29, 1.82) is 0 Å². The molecule has 0 aliphatic rings. The molecular weight excluding hydrogens is 217 g/mol. The van der Waals surface area contributed by atoms with Gasteiger partial charge in [0.25, 0.3) is 0 Å². The largest absolute Gasteiger partial charge is 0.312 e. The van der Waals surface area contributed by atoms with Gasteiger partial charge in [0, 0.05) is 12.5 Å². The minimum atomic E-state index is -2.67. The molecular formula is C9H26NO2PS. The van der Waals surface area contributed by atoms with E-state index < -0.39 is 16.7 Å². The molecule has 5 heteroatoms. The van der Waals surface area contributed by atoms with Crippen molar-refractivity contribution in [2.75, 3.05) is 53.6 Å². The highest BCUT2D eigenvalue weighted by atomic mass is 32.2. The molecule has 0 amide bonds. The highest BCUT2D eigenvalue weighted by molar-refractivity contribution is 7.89. The lowest BCUT2D eigenvalue weighted by molar-refractivity contribution is 0.505. The molecule has 0 N–H and O–H groups in total. The third kappa shape index (κ3) is 34800. The van der Waals surface area contributed by atoms with Gasteiger partial charge in [-0.1, -0.05) is 0 Å². The predicted octanol–water partition coefficient (Wildman–Crippen LogP) is 1.16. The standard InChI is InChI=1S/C4H11P.C3H9N.C2H6O2S/c1-5(2,3)4;1-4(2)3;1-5(2,3)4/h1H2,2-4H3;1-3H3;1-2H3. The van der Waals surface area contributed by atoms with E-state index in [1.54, 1.807) is 0 Å². The first-order valence-corrected chi connectivity index (χ1v) is 9.76. The van der Waals surface area contributed by atoms with Crippen molar-refractivity contribution in [1.82, 2.24) is 4.90 Å². The molecule has 0 aromatic carbocycles. The van der Waals surface area contributed by atoms with Crippen molar-refractivity contribution in [2.45, 2.75) is 0 Å². The Balaban J connectivity index is -0.000000131. The molecule has 0 saturated carbocycles. The Morgan fingerprint density at radius 3 is 1.00 bits per heavy atom. The molecule has 0 aliphatic carbocycles. The molecule has 0 unspecified atom stereocenters. The summed E-state index contributed by atoms with van der Waals surface area (Å²) in [7, 11) is 3.33. The van der Waals surface area contributed by atoms with Crippen LogP contribution < -0.4 is 0 Å². The van der Waals surface area contributed by atoms with E-state index in [9.17, 15) is 8.42 Å². The lowest BCUT2D eigenvalue weighted by Gasteiger charge is -1.96. The topological polar surface area (TPSA) is 37.4 Å². The zero-order valence-corrected chi connectivity index (χ0v) is 12.5. The molecule has 0 atom stereocenters. The van der Waals surface area contributed by atoms with Crippen molar-refractivity contribution < 1.29 is 8.42 Å². The number of rotatable bonds is 0. The molecule has 0 spiro atoms. The second-order valence-electron chi connectivity index (χ2n) is 4.77. The van der Waals surface area contributed by atoms with Crippen LogP contribution in [0.15, 0.2) is 0 Å². The molecule has 0 aliphatic heterocycles. The normalized spacial score (nSPS) is 10.9. The van der Waals surface area contributed by atoms with Crippen molar-refractivity contribution >= 4 is 23.0 Å². The summed E-state index contributed by atoms with van der Waals surface area (Å²) in [5, 5.41) is 0. The van der Waals surface area contributed by atoms with Crippen LogP contribution in [0.25, 0.3) is 0 Å². The summed E-state index contributed by atoms with van der Waals surface area (Å²) in [5.74, 6) is 0. The highest BCUT2D eigenvalue weighted by Crippen LogP contribution is 2.27. The zero-order chi connectivity index (χ0) is 12.6. The fraction of sp³-hybridized carbons (Fsp3) is 0.889. The highest BCUT2D eigenvalue weighted by Gasteiger charge is 1.79. The smallest absolute Gasteiger partial charge is 0.144 e. The van der Waals surface area contributed by atoms with Gasteiger partial charge in [-0.15, -0.1) is 13.2 Å². The average Bonchev–Trinajstić information content (AvgIpc) is 1.45. The van der Waals surface area contributed by atoms with Gasteiger partial charge in [0.2, 0.25) is 0 Å². The van der Waals surface area contributed by atoms with Gasteiger partial charge in [-0.05, 0) is 41.1 Å². The van der Waals surface area contributed by atoms with Gasteiger partial charge in [-0.25, -0.2) is 8.42 Å². The van der Waals surface area contributed by atoms with Crippen molar-refractivity contribution in [3.63, 3.8) is 0 Å². The van der Waals surface area contributed by atoms with Crippen LogP contribution in [0.1, 0.15) is 0 Å². The van der Waals surface area contributed by atoms with Crippen LogP contribution in [-0.4, -0.2) is 73.3 Å². The van der Waals surface area contributed by atoms with Crippen LogP contribution in [0.2, 0.25) is 0 Å². The molecule has 14 heavy (non-hydrogen) atoms. The second kappa shape index (κ2) is 8.51. The van der Waals surface area contributed by atoms with E-state index in [0.29, 0.717) is 0 Å². The minimum Gasteiger partial charge on any atom is -0.312 e. The monoisotopic (exact) mass is 243 g/mol. The molecule has 0 saturated heterocycles. The Kier molecular flexibility index (Phi) is 12.0. The average molecular weight is 243 g/mol. The molecule has 0 rings (SSSR count). The van der Waals surface area contributed by atoms with E-state index in [-0.39, 0.29) is 0 Å². The van der Waals surface area contributed by atoms with Crippen LogP contribution in [-0.2, 0) is 9.84 Å². The van der Waals surface area contributed by atoms with Crippen LogP contribution in [0, 0.1) is 0 Å². The van der Waals surface area contributed by atoms with Gasteiger partial charge in [-0.3, -0.25) is 0 Å². The number of hydrogen-bond donors (Lipinski definition) is 0. The molecule has 3 nitrogen and oxygen atoms in total. The van der Waals surface area contributed by atoms with Crippen LogP contribution in [0.4, 0.5) is 0 Å². The zero-order valence-electron chi connectivity index (χ0n) is 10.8. The van der Waals surface area contributed by atoms with Crippen molar-refractivity contribution in [3.05, 3.63) is 0 Å². The minimum absolute atomic E-state index is 0.639. The van der Waals surface area contributed by atoms with Gasteiger partial charge in [-0.2, -0.15) is 0 Å². The molecule has 0 fully saturated rings. The molecule has 0 radical (unpaired) electrons. The second-order valence-corrected chi connectivity index (χ2v) is 11.6. The Bertz CT molecular complexity index is 233. The van der Waals surface area contributed by atoms with Crippen LogP contribution in [0.3, 0.4) is 0 Å². The first-order valence-electron chi connectivity index (χ1n) is 4.15. The lowest BCUT2D eigenvalue weighted by atomic mass is 11.0. The number of hydrogen-bond acceptors (Lipinski definition) is 3. The Hall–Kier alpha value is 0.210. The van der Waals surface area contributed by atoms with Gasteiger partial charge < -0.3 is 4.90 Å². The molecule has 0 aromatic rings. The Morgan fingerprint density at radius 1 is 1.00 bits per heavy atom. The predicted molar refractivity (Wildman–Crippen MR) is 72.2 cm³/mol. The van der Waals surface area contributed by atoms with E-state index in [1.165, 1.54) is 0 Å². The summed E-state index contributed by atoms with van der Waals surface area (Å²) in [4.78, 5) is 2.00. The number of sulfone groups is 1. The summed E-state index contributed by atoms with van der Waals surface area (Å²) < 4.78 is 19.3. The lowest BCUT2D eigenvalue weighted by Crippen LogP contribution is -1.99. The fourth-order valence-corrected chi connectivity index (χ4v) is 0. The first-order chi connectivity index (χ1) is 5.73. The first kappa shape index (κ1) is 19.7. The molecule has 0 heterocycles. The van der Waals surface area contributed by atoms with E-state index >= 15 is 0 Å².